The Balaban J connectivity index is 1.67. The van der Waals surface area contributed by atoms with E-state index in [-0.39, 0.29) is 0 Å². The molecule has 3 aromatic rings. The third kappa shape index (κ3) is 2.25. The van der Waals surface area contributed by atoms with Gasteiger partial charge >= 0.3 is 0 Å². The normalized spacial score (nSPS) is 16.3. The van der Waals surface area contributed by atoms with E-state index >= 15 is 0 Å². The molecule has 4 rings (SSSR count). The van der Waals surface area contributed by atoms with Crippen molar-refractivity contribution < 1.29 is 0 Å². The number of aromatic nitrogens is 5. The molecule has 21 heavy (non-hydrogen) atoms. The summed E-state index contributed by atoms with van der Waals surface area (Å²) in [4.78, 5) is 6.86. The first-order valence-corrected chi connectivity index (χ1v) is 7.22. The van der Waals surface area contributed by atoms with Gasteiger partial charge in [-0.25, -0.2) is 4.52 Å². The molecule has 1 aliphatic rings. The molecule has 7 heteroatoms. The third-order valence-corrected chi connectivity index (χ3v) is 3.78. The predicted molar refractivity (Wildman–Crippen MR) is 80.3 cm³/mol. The fourth-order valence-corrected chi connectivity index (χ4v) is 2.68. The highest BCUT2D eigenvalue weighted by Gasteiger charge is 2.16. The zero-order valence-corrected chi connectivity index (χ0v) is 11.7. The van der Waals surface area contributed by atoms with E-state index in [1.54, 1.807) is 0 Å². The van der Waals surface area contributed by atoms with Gasteiger partial charge in [-0.3, -0.25) is 5.10 Å². The monoisotopic (exact) mass is 283 g/mol. The molecule has 1 saturated heterocycles. The topological polar surface area (TPSA) is 74.1 Å². The smallest absolute Gasteiger partial charge is 0.245 e. The number of pyridine rings is 1. The van der Waals surface area contributed by atoms with Crippen molar-refractivity contribution in [1.29, 1.82) is 0 Å². The molecule has 1 fully saturated rings. The van der Waals surface area contributed by atoms with Gasteiger partial charge in [-0.1, -0.05) is 6.07 Å². The van der Waals surface area contributed by atoms with Crippen molar-refractivity contribution in [1.82, 2.24) is 30.1 Å². The van der Waals surface area contributed by atoms with Gasteiger partial charge in [-0.15, -0.1) is 5.10 Å². The largest absolute Gasteiger partial charge is 0.338 e. The van der Waals surface area contributed by atoms with Gasteiger partial charge < -0.3 is 10.2 Å². The molecule has 0 unspecified atom stereocenters. The summed E-state index contributed by atoms with van der Waals surface area (Å²) < 4.78 is 1.84. The second-order valence-corrected chi connectivity index (χ2v) is 5.16. The van der Waals surface area contributed by atoms with E-state index in [1.807, 2.05) is 35.1 Å². The number of aromatic amines is 1. The molecule has 2 N–H and O–H groups in total. The van der Waals surface area contributed by atoms with Crippen molar-refractivity contribution in [3.63, 3.8) is 0 Å². The van der Waals surface area contributed by atoms with Gasteiger partial charge in [0.05, 0.1) is 17.3 Å². The van der Waals surface area contributed by atoms with Gasteiger partial charge in [0.25, 0.3) is 0 Å². The highest BCUT2D eigenvalue weighted by molar-refractivity contribution is 5.75. The number of fused-ring (bicyclic) bond motifs is 1. The lowest BCUT2D eigenvalue weighted by Crippen LogP contribution is -2.28. The molecule has 0 aromatic carbocycles. The Bertz CT molecular complexity index is 736. The van der Waals surface area contributed by atoms with Gasteiger partial charge in [0.15, 0.2) is 5.82 Å². The first-order chi connectivity index (χ1) is 10.4. The van der Waals surface area contributed by atoms with Crippen LogP contribution in [0.25, 0.3) is 16.9 Å². The number of nitrogens with zero attached hydrogens (tertiary/aromatic N) is 5. The van der Waals surface area contributed by atoms with Gasteiger partial charge in [0.1, 0.15) is 0 Å². The molecular weight excluding hydrogens is 266 g/mol. The summed E-state index contributed by atoms with van der Waals surface area (Å²) in [5, 5.41) is 15.1. The number of hydrogen-bond acceptors (Lipinski definition) is 5. The Labute approximate surface area is 122 Å². The lowest BCUT2D eigenvalue weighted by Gasteiger charge is -2.16. The number of nitrogens with one attached hydrogen (secondary N) is 2. The summed E-state index contributed by atoms with van der Waals surface area (Å²) in [5.74, 6) is 1.53. The van der Waals surface area contributed by atoms with Crippen LogP contribution in [-0.4, -0.2) is 51.0 Å². The molecule has 0 saturated carbocycles. The average Bonchev–Trinajstić information content (AvgIpc) is 3.07. The van der Waals surface area contributed by atoms with Gasteiger partial charge in [-0.05, 0) is 25.1 Å². The fourth-order valence-electron chi connectivity index (χ4n) is 2.68. The molecule has 3 aromatic heterocycles. The van der Waals surface area contributed by atoms with Gasteiger partial charge in [0, 0.05) is 25.8 Å². The highest BCUT2D eigenvalue weighted by atomic mass is 15.4. The van der Waals surface area contributed by atoms with Crippen LogP contribution < -0.4 is 10.2 Å². The number of rotatable bonds is 2. The Morgan fingerprint density at radius 1 is 1.14 bits per heavy atom. The summed E-state index contributed by atoms with van der Waals surface area (Å²) in [6.07, 6.45) is 4.86. The minimum Gasteiger partial charge on any atom is -0.338 e. The first-order valence-electron chi connectivity index (χ1n) is 7.22. The second kappa shape index (κ2) is 5.17. The lowest BCUT2D eigenvalue weighted by atomic mass is 10.2. The van der Waals surface area contributed by atoms with E-state index in [2.05, 4.69) is 30.5 Å². The molecule has 0 aliphatic carbocycles. The Hall–Kier alpha value is -2.41. The molecule has 0 radical (unpaired) electrons. The van der Waals surface area contributed by atoms with E-state index in [0.29, 0.717) is 0 Å². The van der Waals surface area contributed by atoms with Crippen LogP contribution in [0.15, 0.2) is 30.6 Å². The van der Waals surface area contributed by atoms with Crippen LogP contribution in [0.3, 0.4) is 0 Å². The zero-order valence-electron chi connectivity index (χ0n) is 11.7. The van der Waals surface area contributed by atoms with Gasteiger partial charge in [0.2, 0.25) is 5.95 Å². The van der Waals surface area contributed by atoms with Crippen LogP contribution in [0, 0.1) is 0 Å². The van der Waals surface area contributed by atoms with Crippen molar-refractivity contribution in [2.24, 2.45) is 0 Å². The summed E-state index contributed by atoms with van der Waals surface area (Å²) in [6, 6.07) is 5.98. The SMILES string of the molecule is c1ccn2ncc(-c3nc(N4CCCNCC4)n[nH]3)c2c1. The molecule has 4 heterocycles. The van der Waals surface area contributed by atoms with Crippen LogP contribution in [0.1, 0.15) is 6.42 Å². The maximum Gasteiger partial charge on any atom is 0.245 e. The van der Waals surface area contributed by atoms with Crippen LogP contribution in [0.2, 0.25) is 0 Å². The predicted octanol–water partition coefficient (Wildman–Crippen LogP) is 0.919. The standard InChI is InChI=1S/C14H17N7/c1-2-8-21-12(4-1)11(10-16-21)13-17-14(19-18-13)20-7-3-5-15-6-9-20/h1-2,4,8,10,15H,3,5-7,9H2,(H,17,18,19). The molecule has 0 spiro atoms. The number of hydrogen-bond donors (Lipinski definition) is 2. The Morgan fingerprint density at radius 2 is 2.14 bits per heavy atom. The van der Waals surface area contributed by atoms with E-state index < -0.39 is 0 Å². The maximum absolute atomic E-state index is 4.65. The third-order valence-electron chi connectivity index (χ3n) is 3.78. The number of H-pyrrole nitrogens is 1. The van der Waals surface area contributed by atoms with Crippen LogP contribution in [0.5, 0.6) is 0 Å². The lowest BCUT2D eigenvalue weighted by molar-refractivity contribution is 0.724. The average molecular weight is 283 g/mol. The molecule has 0 amide bonds. The summed E-state index contributed by atoms with van der Waals surface area (Å²) in [5.41, 5.74) is 2.00. The second-order valence-electron chi connectivity index (χ2n) is 5.16. The minimum absolute atomic E-state index is 0.767. The Kier molecular flexibility index (Phi) is 3.04. The van der Waals surface area contributed by atoms with Crippen molar-refractivity contribution in [3.8, 4) is 11.4 Å². The first kappa shape index (κ1) is 12.3. The number of anilines is 1. The van der Waals surface area contributed by atoms with Crippen molar-refractivity contribution >= 4 is 11.5 Å². The van der Waals surface area contributed by atoms with E-state index in [0.717, 1.165) is 55.5 Å². The molecule has 0 atom stereocenters. The van der Waals surface area contributed by atoms with Gasteiger partial charge in [-0.2, -0.15) is 10.1 Å². The molecule has 108 valence electrons. The summed E-state index contributed by atoms with van der Waals surface area (Å²) >= 11 is 0. The van der Waals surface area contributed by atoms with Crippen LogP contribution in [0.4, 0.5) is 5.95 Å². The van der Waals surface area contributed by atoms with E-state index in [4.69, 9.17) is 0 Å². The quantitative estimate of drug-likeness (QED) is 0.731. The van der Waals surface area contributed by atoms with Crippen molar-refractivity contribution in [3.05, 3.63) is 30.6 Å². The molecule has 0 bridgehead atoms. The molecule has 7 nitrogen and oxygen atoms in total. The highest BCUT2D eigenvalue weighted by Crippen LogP contribution is 2.22. The minimum atomic E-state index is 0.767. The maximum atomic E-state index is 4.65. The van der Waals surface area contributed by atoms with E-state index in [9.17, 15) is 0 Å². The summed E-state index contributed by atoms with van der Waals surface area (Å²) in [7, 11) is 0. The Morgan fingerprint density at radius 3 is 3.14 bits per heavy atom. The van der Waals surface area contributed by atoms with E-state index in [1.165, 1.54) is 0 Å². The molecular formula is C14H17N7. The zero-order chi connectivity index (χ0) is 14.1. The van der Waals surface area contributed by atoms with Crippen molar-refractivity contribution in [2.75, 3.05) is 31.1 Å². The van der Waals surface area contributed by atoms with Crippen molar-refractivity contribution in [2.45, 2.75) is 6.42 Å². The van der Waals surface area contributed by atoms with Crippen LogP contribution >= 0.6 is 0 Å². The van der Waals surface area contributed by atoms with Crippen LogP contribution in [-0.2, 0) is 0 Å². The summed E-state index contributed by atoms with van der Waals surface area (Å²) in [6.45, 7) is 3.95. The molecule has 1 aliphatic heterocycles. The fraction of sp³-hybridized carbons (Fsp3) is 0.357.